The van der Waals surface area contributed by atoms with Crippen LogP contribution in [0.25, 0.3) is 0 Å². The van der Waals surface area contributed by atoms with Gasteiger partial charge in [-0.25, -0.2) is 0 Å². The average Bonchev–Trinajstić information content (AvgIpc) is 3.02. The Labute approximate surface area is 164 Å². The third-order valence-electron chi connectivity index (χ3n) is 3.17. The number of aromatic nitrogens is 1. The van der Waals surface area contributed by atoms with Gasteiger partial charge in [0, 0.05) is 16.8 Å². The number of nitrogens with zero attached hydrogens (tertiary/aromatic N) is 1. The lowest BCUT2D eigenvalue weighted by molar-refractivity contribution is -0.144. The van der Waals surface area contributed by atoms with Crippen LogP contribution in [0.3, 0.4) is 0 Å². The number of esters is 1. The predicted octanol–water partition coefficient (Wildman–Crippen LogP) is 2.88. The van der Waals surface area contributed by atoms with Crippen molar-refractivity contribution in [3.63, 3.8) is 0 Å². The van der Waals surface area contributed by atoms with Crippen LogP contribution in [-0.4, -0.2) is 40.6 Å². The Balaban J connectivity index is 1.67. The van der Waals surface area contributed by atoms with E-state index in [1.165, 1.54) is 0 Å². The highest BCUT2D eigenvalue weighted by molar-refractivity contribution is 8.01. The summed E-state index contributed by atoms with van der Waals surface area (Å²) < 4.78 is 9.75. The number of aryl methyl sites for hydroxylation is 1. The number of carbonyl (C=O) groups is 3. The first-order valence-corrected chi connectivity index (χ1v) is 9.33. The van der Waals surface area contributed by atoms with Crippen molar-refractivity contribution in [3.8, 4) is 0 Å². The van der Waals surface area contributed by atoms with E-state index in [0.717, 1.165) is 11.8 Å². The van der Waals surface area contributed by atoms with Crippen LogP contribution < -0.4 is 10.6 Å². The minimum Gasteiger partial charge on any atom is -0.455 e. The van der Waals surface area contributed by atoms with Crippen molar-refractivity contribution in [2.24, 2.45) is 0 Å². The lowest BCUT2D eigenvalue weighted by Gasteiger charge is -2.10. The molecule has 10 heteroatoms. The minimum atomic E-state index is -0.599. The first-order chi connectivity index (χ1) is 12.8. The largest absolute Gasteiger partial charge is 0.455 e. The van der Waals surface area contributed by atoms with Crippen molar-refractivity contribution in [2.45, 2.75) is 19.1 Å². The summed E-state index contributed by atoms with van der Waals surface area (Å²) in [5.74, 6) is -0.590. The first kappa shape index (κ1) is 20.8. The standard InChI is InChI=1S/C17H18ClN3O5S/c1-10-6-14(21-26-10)20-17(24)11(2)27-9-16(23)25-8-15(22)19-13-5-3-4-12(18)7-13/h3-7,11H,8-9H2,1-2H3,(H,19,22)(H,20,21,24)/t11-/m0/s1. The van der Waals surface area contributed by atoms with Crippen LogP contribution in [0.5, 0.6) is 0 Å². The zero-order valence-electron chi connectivity index (χ0n) is 14.7. The van der Waals surface area contributed by atoms with Crippen LogP contribution in [0.1, 0.15) is 12.7 Å². The molecule has 144 valence electrons. The quantitative estimate of drug-likeness (QED) is 0.642. The highest BCUT2D eigenvalue weighted by Crippen LogP contribution is 2.16. The van der Waals surface area contributed by atoms with Gasteiger partial charge in [-0.05, 0) is 32.0 Å². The Kier molecular flexibility index (Phi) is 7.68. The van der Waals surface area contributed by atoms with Crippen LogP contribution in [0.15, 0.2) is 34.9 Å². The van der Waals surface area contributed by atoms with Crippen molar-refractivity contribution < 1.29 is 23.6 Å². The number of halogens is 1. The van der Waals surface area contributed by atoms with Crippen LogP contribution in [-0.2, 0) is 19.1 Å². The second kappa shape index (κ2) is 9.98. The fourth-order valence-corrected chi connectivity index (χ4v) is 2.74. The lowest BCUT2D eigenvalue weighted by atomic mass is 10.3. The Bertz CT molecular complexity index is 826. The predicted molar refractivity (Wildman–Crippen MR) is 103 cm³/mol. The monoisotopic (exact) mass is 411 g/mol. The summed E-state index contributed by atoms with van der Waals surface area (Å²) in [4.78, 5) is 35.5. The van der Waals surface area contributed by atoms with Crippen molar-refractivity contribution >= 4 is 52.7 Å². The third kappa shape index (κ3) is 7.32. The average molecular weight is 412 g/mol. The van der Waals surface area contributed by atoms with Gasteiger partial charge in [-0.2, -0.15) is 0 Å². The molecule has 2 N–H and O–H groups in total. The molecule has 0 aliphatic carbocycles. The molecule has 2 rings (SSSR count). The molecule has 2 aromatic rings. The SMILES string of the molecule is Cc1cc(NC(=O)[C@H](C)SCC(=O)OCC(=O)Nc2cccc(Cl)c2)no1. The van der Waals surface area contributed by atoms with E-state index in [9.17, 15) is 14.4 Å². The van der Waals surface area contributed by atoms with Crippen molar-refractivity contribution in [1.29, 1.82) is 0 Å². The number of carbonyl (C=O) groups excluding carboxylic acids is 3. The molecule has 2 amide bonds. The van der Waals surface area contributed by atoms with Crippen molar-refractivity contribution in [2.75, 3.05) is 23.0 Å². The van der Waals surface area contributed by atoms with Gasteiger partial charge < -0.3 is 19.9 Å². The van der Waals surface area contributed by atoms with Crippen molar-refractivity contribution in [1.82, 2.24) is 5.16 Å². The number of hydrogen-bond donors (Lipinski definition) is 2. The van der Waals surface area contributed by atoms with E-state index in [1.807, 2.05) is 0 Å². The number of rotatable bonds is 8. The van der Waals surface area contributed by atoms with E-state index in [1.54, 1.807) is 44.2 Å². The molecule has 1 heterocycles. The highest BCUT2D eigenvalue weighted by atomic mass is 35.5. The molecule has 1 aromatic carbocycles. The first-order valence-electron chi connectivity index (χ1n) is 7.90. The molecule has 0 fully saturated rings. The Morgan fingerprint density at radius 1 is 1.30 bits per heavy atom. The molecular weight excluding hydrogens is 394 g/mol. The van der Waals surface area contributed by atoms with Gasteiger partial charge in [-0.3, -0.25) is 14.4 Å². The highest BCUT2D eigenvalue weighted by Gasteiger charge is 2.17. The second-order valence-corrected chi connectivity index (χ2v) is 7.25. The Morgan fingerprint density at radius 2 is 2.07 bits per heavy atom. The van der Waals surface area contributed by atoms with E-state index in [4.69, 9.17) is 20.9 Å². The summed E-state index contributed by atoms with van der Waals surface area (Å²) in [6, 6.07) is 8.19. The molecular formula is C17H18ClN3O5S. The van der Waals surface area contributed by atoms with Gasteiger partial charge in [0.1, 0.15) is 5.76 Å². The molecule has 0 saturated carbocycles. The Hall–Kier alpha value is -2.52. The number of nitrogens with one attached hydrogen (secondary N) is 2. The summed E-state index contributed by atoms with van der Waals surface area (Å²) in [6.07, 6.45) is 0. The van der Waals surface area contributed by atoms with Gasteiger partial charge in [0.2, 0.25) is 5.91 Å². The molecule has 0 unspecified atom stereocenters. The fourth-order valence-electron chi connectivity index (χ4n) is 1.87. The second-order valence-electron chi connectivity index (χ2n) is 5.48. The Morgan fingerprint density at radius 3 is 2.74 bits per heavy atom. The summed E-state index contributed by atoms with van der Waals surface area (Å²) in [7, 11) is 0. The van der Waals surface area contributed by atoms with E-state index in [-0.39, 0.29) is 11.7 Å². The number of amides is 2. The molecule has 0 bridgehead atoms. The fraction of sp³-hybridized carbons (Fsp3) is 0.294. The number of hydrogen-bond acceptors (Lipinski definition) is 7. The zero-order valence-corrected chi connectivity index (χ0v) is 16.2. The molecule has 27 heavy (non-hydrogen) atoms. The number of anilines is 2. The molecule has 1 atom stereocenters. The van der Waals surface area contributed by atoms with Crippen LogP contribution in [0.2, 0.25) is 5.02 Å². The third-order valence-corrected chi connectivity index (χ3v) is 4.52. The molecule has 0 radical (unpaired) electrons. The van der Waals surface area contributed by atoms with Gasteiger partial charge in [-0.1, -0.05) is 22.8 Å². The molecule has 1 aromatic heterocycles. The lowest BCUT2D eigenvalue weighted by Crippen LogP contribution is -2.25. The van der Waals surface area contributed by atoms with Gasteiger partial charge in [0.25, 0.3) is 5.91 Å². The molecule has 0 aliphatic rings. The normalized spacial score (nSPS) is 11.5. The van der Waals surface area contributed by atoms with E-state index in [0.29, 0.717) is 22.3 Å². The smallest absolute Gasteiger partial charge is 0.316 e. The van der Waals surface area contributed by atoms with E-state index >= 15 is 0 Å². The number of benzene rings is 1. The van der Waals surface area contributed by atoms with E-state index in [2.05, 4.69) is 15.8 Å². The number of ether oxygens (including phenoxy) is 1. The van der Waals surface area contributed by atoms with Gasteiger partial charge >= 0.3 is 5.97 Å². The maximum absolute atomic E-state index is 12.0. The zero-order chi connectivity index (χ0) is 19.8. The summed E-state index contributed by atoms with van der Waals surface area (Å²) in [6.45, 7) is 2.93. The van der Waals surface area contributed by atoms with E-state index < -0.39 is 23.7 Å². The van der Waals surface area contributed by atoms with Crippen LogP contribution in [0.4, 0.5) is 11.5 Å². The topological polar surface area (TPSA) is 111 Å². The van der Waals surface area contributed by atoms with Gasteiger partial charge in [0.15, 0.2) is 12.4 Å². The minimum absolute atomic E-state index is 0.0725. The van der Waals surface area contributed by atoms with Crippen LogP contribution in [0, 0.1) is 6.92 Å². The summed E-state index contributed by atoms with van der Waals surface area (Å²) >= 11 is 6.91. The molecule has 8 nitrogen and oxygen atoms in total. The molecule has 0 aliphatic heterocycles. The number of thioether (sulfide) groups is 1. The maximum atomic E-state index is 12.0. The van der Waals surface area contributed by atoms with Gasteiger partial charge in [0.05, 0.1) is 11.0 Å². The van der Waals surface area contributed by atoms with Crippen LogP contribution >= 0.6 is 23.4 Å². The van der Waals surface area contributed by atoms with Gasteiger partial charge in [-0.15, -0.1) is 11.8 Å². The summed E-state index contributed by atoms with van der Waals surface area (Å²) in [5, 5.41) is 8.76. The maximum Gasteiger partial charge on any atom is 0.316 e. The summed E-state index contributed by atoms with van der Waals surface area (Å²) in [5.41, 5.74) is 0.506. The van der Waals surface area contributed by atoms with Crippen molar-refractivity contribution in [3.05, 3.63) is 41.1 Å². The molecule has 0 saturated heterocycles. The molecule has 0 spiro atoms.